The van der Waals surface area contributed by atoms with Crippen molar-refractivity contribution in [2.45, 2.75) is 6.42 Å². The van der Waals surface area contributed by atoms with Crippen LogP contribution in [0.25, 0.3) is 22.2 Å². The summed E-state index contributed by atoms with van der Waals surface area (Å²) in [7, 11) is 4.01. The third-order valence-electron chi connectivity index (χ3n) is 5.86. The van der Waals surface area contributed by atoms with E-state index in [1.807, 2.05) is 43.6 Å². The smallest absolute Gasteiger partial charge is 0.170 e. The molecule has 5 rings (SSSR count). The molecule has 0 amide bonds. The van der Waals surface area contributed by atoms with Crippen molar-refractivity contribution < 1.29 is 4.79 Å². The lowest BCUT2D eigenvalue weighted by Crippen LogP contribution is -2.44. The van der Waals surface area contributed by atoms with Gasteiger partial charge < -0.3 is 9.80 Å². The van der Waals surface area contributed by atoms with Gasteiger partial charge in [-0.25, -0.2) is 15.0 Å². The second kappa shape index (κ2) is 8.47. The van der Waals surface area contributed by atoms with Crippen LogP contribution < -0.4 is 4.90 Å². The van der Waals surface area contributed by atoms with E-state index in [-0.39, 0.29) is 12.2 Å². The Balaban J connectivity index is 1.36. The van der Waals surface area contributed by atoms with E-state index in [0.717, 1.165) is 54.2 Å². The number of aromatic nitrogens is 5. The first kappa shape index (κ1) is 20.3. The lowest BCUT2D eigenvalue weighted by molar-refractivity contribution is 0.0991. The first-order valence-electron chi connectivity index (χ1n) is 10.7. The minimum Gasteiger partial charge on any atom is -0.354 e. The molecule has 0 aliphatic carbocycles. The number of likely N-dealkylation sites (N-methyl/N-ethyl adjacent to an activating group) is 1. The SMILES string of the molecule is CN1CCN(c2cc(C(=O)Cc3ncc4ccc(-c5ccn(C)n5)cc4n3)ccn2)CC1. The Kier molecular flexibility index (Phi) is 5.36. The summed E-state index contributed by atoms with van der Waals surface area (Å²) in [6, 6.07) is 11.6. The number of hydrogen-bond acceptors (Lipinski definition) is 7. The number of nitrogens with zero attached hydrogens (tertiary/aromatic N) is 7. The molecular weight excluding hydrogens is 402 g/mol. The van der Waals surface area contributed by atoms with E-state index in [1.54, 1.807) is 23.1 Å². The number of pyridine rings is 1. The Morgan fingerprint density at radius 2 is 1.84 bits per heavy atom. The van der Waals surface area contributed by atoms with Crippen molar-refractivity contribution in [3.8, 4) is 11.3 Å². The normalized spacial score (nSPS) is 14.8. The number of aryl methyl sites for hydroxylation is 1. The number of carbonyl (C=O) groups is 1. The first-order valence-corrected chi connectivity index (χ1v) is 10.7. The van der Waals surface area contributed by atoms with Gasteiger partial charge in [0.05, 0.1) is 17.6 Å². The summed E-state index contributed by atoms with van der Waals surface area (Å²) in [5, 5.41) is 5.39. The van der Waals surface area contributed by atoms with Crippen molar-refractivity contribution in [1.82, 2.24) is 29.6 Å². The molecule has 1 fully saturated rings. The zero-order valence-corrected chi connectivity index (χ0v) is 18.3. The Labute approximate surface area is 186 Å². The summed E-state index contributed by atoms with van der Waals surface area (Å²) in [6.45, 7) is 3.80. The fourth-order valence-electron chi connectivity index (χ4n) is 3.92. The fourth-order valence-corrected chi connectivity index (χ4v) is 3.92. The zero-order valence-electron chi connectivity index (χ0n) is 18.3. The third kappa shape index (κ3) is 4.22. The van der Waals surface area contributed by atoms with Crippen LogP contribution in [0.15, 0.2) is 55.0 Å². The summed E-state index contributed by atoms with van der Waals surface area (Å²) in [5.41, 5.74) is 3.32. The number of fused-ring (bicyclic) bond motifs is 1. The van der Waals surface area contributed by atoms with Crippen molar-refractivity contribution in [3.63, 3.8) is 0 Å². The Bertz CT molecular complexity index is 1270. The van der Waals surface area contributed by atoms with Crippen LogP contribution in [0.2, 0.25) is 0 Å². The first-order chi connectivity index (χ1) is 15.5. The Morgan fingerprint density at radius 3 is 2.62 bits per heavy atom. The van der Waals surface area contributed by atoms with Crippen LogP contribution in [0, 0.1) is 0 Å². The molecule has 1 aromatic carbocycles. The Morgan fingerprint density at radius 1 is 1.00 bits per heavy atom. The largest absolute Gasteiger partial charge is 0.354 e. The third-order valence-corrected chi connectivity index (χ3v) is 5.86. The summed E-state index contributed by atoms with van der Waals surface area (Å²) in [6.07, 6.45) is 5.54. The molecule has 1 aliphatic heterocycles. The second-order valence-electron chi connectivity index (χ2n) is 8.23. The van der Waals surface area contributed by atoms with Gasteiger partial charge in [-0.3, -0.25) is 9.48 Å². The number of piperazine rings is 1. The Hall–Kier alpha value is -3.65. The number of ketones is 1. The van der Waals surface area contributed by atoms with Gasteiger partial charge >= 0.3 is 0 Å². The minimum atomic E-state index is -0.0111. The van der Waals surface area contributed by atoms with E-state index in [2.05, 4.69) is 36.9 Å². The van der Waals surface area contributed by atoms with E-state index in [0.29, 0.717) is 11.4 Å². The summed E-state index contributed by atoms with van der Waals surface area (Å²) >= 11 is 0. The fraction of sp³-hybridized carbons (Fsp3) is 0.292. The number of rotatable bonds is 5. The molecule has 0 bridgehead atoms. The topological polar surface area (TPSA) is 80.0 Å². The average molecular weight is 428 g/mol. The van der Waals surface area contributed by atoms with Gasteiger partial charge in [0, 0.05) is 68.3 Å². The molecule has 8 nitrogen and oxygen atoms in total. The van der Waals surface area contributed by atoms with Crippen molar-refractivity contribution in [3.05, 3.63) is 66.4 Å². The van der Waals surface area contributed by atoms with Crippen LogP contribution in [0.5, 0.6) is 0 Å². The van der Waals surface area contributed by atoms with Crippen LogP contribution in [0.3, 0.4) is 0 Å². The van der Waals surface area contributed by atoms with Crippen LogP contribution in [0.1, 0.15) is 16.2 Å². The molecule has 162 valence electrons. The summed E-state index contributed by atoms with van der Waals surface area (Å²) in [5.74, 6) is 1.35. The van der Waals surface area contributed by atoms with E-state index in [9.17, 15) is 4.79 Å². The molecule has 0 atom stereocenters. The molecule has 0 saturated carbocycles. The van der Waals surface area contributed by atoms with Gasteiger partial charge in [-0.2, -0.15) is 5.10 Å². The average Bonchev–Trinajstić information content (AvgIpc) is 3.25. The van der Waals surface area contributed by atoms with Crippen LogP contribution in [0.4, 0.5) is 5.82 Å². The van der Waals surface area contributed by atoms with E-state index in [4.69, 9.17) is 0 Å². The molecule has 1 saturated heterocycles. The highest BCUT2D eigenvalue weighted by atomic mass is 16.1. The van der Waals surface area contributed by atoms with Crippen LogP contribution in [-0.2, 0) is 13.5 Å². The predicted octanol–water partition coefficient (Wildman–Crippen LogP) is 2.60. The zero-order chi connectivity index (χ0) is 22.1. The molecular formula is C24H25N7O. The van der Waals surface area contributed by atoms with Gasteiger partial charge in [0.2, 0.25) is 0 Å². The van der Waals surface area contributed by atoms with Gasteiger partial charge in [-0.15, -0.1) is 0 Å². The molecule has 3 aromatic heterocycles. The molecule has 8 heteroatoms. The summed E-state index contributed by atoms with van der Waals surface area (Å²) < 4.78 is 1.77. The van der Waals surface area contributed by atoms with Gasteiger partial charge in [0.1, 0.15) is 11.6 Å². The predicted molar refractivity (Wildman–Crippen MR) is 124 cm³/mol. The highest BCUT2D eigenvalue weighted by Crippen LogP contribution is 2.22. The number of benzene rings is 1. The molecule has 32 heavy (non-hydrogen) atoms. The maximum absolute atomic E-state index is 13.0. The lowest BCUT2D eigenvalue weighted by Gasteiger charge is -2.33. The standard InChI is InChI=1S/C24H25N7O/c1-29-9-11-31(12-10-29)24-14-18(5-7-25-24)22(32)15-23-26-16-19-4-3-17(13-21(19)27-23)20-6-8-30(2)28-20/h3-8,13-14,16H,9-12,15H2,1-2H3. The number of anilines is 1. The number of Topliss-reactive ketones (excluding diaryl/α,β-unsaturated/α-hetero) is 1. The molecule has 1 aliphatic rings. The van der Waals surface area contributed by atoms with Gasteiger partial charge in [-0.05, 0) is 31.3 Å². The lowest BCUT2D eigenvalue weighted by atomic mass is 10.1. The van der Waals surface area contributed by atoms with Crippen molar-refractivity contribution >= 4 is 22.5 Å². The van der Waals surface area contributed by atoms with Crippen molar-refractivity contribution in [1.29, 1.82) is 0 Å². The van der Waals surface area contributed by atoms with E-state index >= 15 is 0 Å². The van der Waals surface area contributed by atoms with Crippen LogP contribution >= 0.6 is 0 Å². The molecule has 0 radical (unpaired) electrons. The quantitative estimate of drug-likeness (QED) is 0.453. The number of hydrogen-bond donors (Lipinski definition) is 0. The van der Waals surface area contributed by atoms with E-state index < -0.39 is 0 Å². The minimum absolute atomic E-state index is 0.0111. The molecule has 4 heterocycles. The van der Waals surface area contributed by atoms with Gasteiger partial charge in [-0.1, -0.05) is 12.1 Å². The second-order valence-corrected chi connectivity index (χ2v) is 8.23. The molecule has 0 unspecified atom stereocenters. The summed E-state index contributed by atoms with van der Waals surface area (Å²) in [4.78, 5) is 31.0. The molecule has 0 spiro atoms. The van der Waals surface area contributed by atoms with Crippen molar-refractivity contribution in [2.75, 3.05) is 38.1 Å². The van der Waals surface area contributed by atoms with Crippen molar-refractivity contribution in [2.24, 2.45) is 7.05 Å². The molecule has 4 aromatic rings. The maximum Gasteiger partial charge on any atom is 0.170 e. The monoisotopic (exact) mass is 427 g/mol. The maximum atomic E-state index is 13.0. The van der Waals surface area contributed by atoms with Crippen LogP contribution in [-0.4, -0.2) is 68.6 Å². The highest BCUT2D eigenvalue weighted by molar-refractivity contribution is 5.98. The van der Waals surface area contributed by atoms with Gasteiger partial charge in [0.25, 0.3) is 0 Å². The number of carbonyl (C=O) groups excluding carboxylic acids is 1. The van der Waals surface area contributed by atoms with E-state index in [1.165, 1.54) is 0 Å². The highest BCUT2D eigenvalue weighted by Gasteiger charge is 2.17. The molecule has 0 N–H and O–H groups in total. The van der Waals surface area contributed by atoms with Gasteiger partial charge in [0.15, 0.2) is 5.78 Å².